The summed E-state index contributed by atoms with van der Waals surface area (Å²) < 4.78 is 67.0. The highest BCUT2D eigenvalue weighted by atomic mass is 32.2. The Morgan fingerprint density at radius 2 is 1.95 bits per heavy atom. The molecule has 7 nitrogen and oxygen atoms in total. The molecule has 1 amide bonds. The molecule has 0 saturated heterocycles. The van der Waals surface area contributed by atoms with Crippen molar-refractivity contribution in [2.45, 2.75) is 37.2 Å². The molecule has 126 valence electrons. The molecule has 11 heteroatoms. The Bertz CT molecular complexity index is 597. The molecule has 0 aromatic carbocycles. The number of allylic oxidation sites excluding steroid dienone is 1. The summed E-state index contributed by atoms with van der Waals surface area (Å²) >= 11 is 0. The van der Waals surface area contributed by atoms with Crippen molar-refractivity contribution in [1.29, 1.82) is 0 Å². The van der Waals surface area contributed by atoms with Crippen LogP contribution in [-0.2, 0) is 28.6 Å². The molecule has 0 aromatic heterocycles. The molecule has 0 aliphatic heterocycles. The first-order valence-corrected chi connectivity index (χ1v) is 7.41. The van der Waals surface area contributed by atoms with Gasteiger partial charge in [0, 0.05) is 19.8 Å². The zero-order chi connectivity index (χ0) is 17.2. The highest BCUT2D eigenvalue weighted by Crippen LogP contribution is 2.33. The first-order chi connectivity index (χ1) is 9.93. The Balaban J connectivity index is 2.95. The number of carbonyl (C=O) groups is 2. The highest BCUT2D eigenvalue weighted by Gasteiger charge is 2.50. The molecule has 0 heterocycles. The van der Waals surface area contributed by atoms with Gasteiger partial charge in [-0.25, -0.2) is 4.79 Å². The van der Waals surface area contributed by atoms with Crippen LogP contribution in [0.5, 0.6) is 0 Å². The molecule has 1 unspecified atom stereocenters. The summed E-state index contributed by atoms with van der Waals surface area (Å²) in [7, 11) is -4.66. The van der Waals surface area contributed by atoms with E-state index < -0.39 is 38.8 Å². The Hall–Kier alpha value is -1.78. The molecule has 0 radical (unpaired) electrons. The van der Waals surface area contributed by atoms with Crippen LogP contribution in [0.15, 0.2) is 11.8 Å². The number of amides is 1. The van der Waals surface area contributed by atoms with Crippen LogP contribution in [0.2, 0.25) is 0 Å². The molecule has 1 aliphatic carbocycles. The largest absolute Gasteiger partial charge is 0.534 e. The minimum Gasteiger partial charge on any atom is -0.467 e. The Labute approximate surface area is 124 Å². The number of methoxy groups -OCH3 is 1. The van der Waals surface area contributed by atoms with Gasteiger partial charge in [-0.3, -0.25) is 4.79 Å². The van der Waals surface area contributed by atoms with E-state index in [4.69, 9.17) is 0 Å². The van der Waals surface area contributed by atoms with Crippen LogP contribution in [0.25, 0.3) is 0 Å². The lowest BCUT2D eigenvalue weighted by atomic mass is 9.85. The van der Waals surface area contributed by atoms with Crippen molar-refractivity contribution >= 4 is 22.0 Å². The third-order valence-electron chi connectivity index (χ3n) is 2.97. The van der Waals surface area contributed by atoms with Crippen LogP contribution in [-0.4, -0.2) is 38.5 Å². The molecule has 0 fully saturated rings. The number of ether oxygens (including phenoxy) is 1. The predicted octanol–water partition coefficient (Wildman–Crippen LogP) is 0.968. The molecule has 1 N–H and O–H groups in total. The topological polar surface area (TPSA) is 98.8 Å². The molecule has 0 saturated carbocycles. The quantitative estimate of drug-likeness (QED) is 0.463. The smallest absolute Gasteiger partial charge is 0.467 e. The van der Waals surface area contributed by atoms with Crippen LogP contribution in [0.1, 0.15) is 26.2 Å². The lowest BCUT2D eigenvalue weighted by Crippen LogP contribution is -2.55. The first kappa shape index (κ1) is 18.3. The lowest BCUT2D eigenvalue weighted by molar-refractivity contribution is -0.151. The van der Waals surface area contributed by atoms with Crippen molar-refractivity contribution in [1.82, 2.24) is 5.32 Å². The second-order valence-electron chi connectivity index (χ2n) is 4.61. The molecule has 0 bridgehead atoms. The zero-order valence-corrected chi connectivity index (χ0v) is 12.5. The second-order valence-corrected chi connectivity index (χ2v) is 6.15. The maximum absolute atomic E-state index is 12.2. The van der Waals surface area contributed by atoms with E-state index in [2.05, 4.69) is 14.2 Å². The summed E-state index contributed by atoms with van der Waals surface area (Å²) in [6.45, 7) is 1.16. The molecule has 1 atom stereocenters. The number of hydrogen-bond donors (Lipinski definition) is 1. The van der Waals surface area contributed by atoms with E-state index in [1.807, 2.05) is 0 Å². The summed E-state index contributed by atoms with van der Waals surface area (Å²) in [5, 5.41) is 2.37. The normalized spacial score (nSPS) is 22.5. The summed E-state index contributed by atoms with van der Waals surface area (Å²) in [6, 6.07) is 0. The summed E-state index contributed by atoms with van der Waals surface area (Å²) in [5.74, 6) is -1.76. The van der Waals surface area contributed by atoms with Gasteiger partial charge in [0.15, 0.2) is 0 Å². The molecular weight excluding hydrogens is 331 g/mol. The van der Waals surface area contributed by atoms with Crippen molar-refractivity contribution in [3.8, 4) is 0 Å². The van der Waals surface area contributed by atoms with Crippen molar-refractivity contribution in [3.05, 3.63) is 11.8 Å². The third kappa shape index (κ3) is 3.90. The van der Waals surface area contributed by atoms with Gasteiger partial charge in [-0.1, -0.05) is 0 Å². The van der Waals surface area contributed by atoms with Gasteiger partial charge in [-0.15, -0.1) is 0 Å². The van der Waals surface area contributed by atoms with Crippen LogP contribution in [0.4, 0.5) is 13.2 Å². The Kier molecular flexibility index (Phi) is 5.10. The number of hydrogen-bond acceptors (Lipinski definition) is 6. The zero-order valence-electron chi connectivity index (χ0n) is 11.7. The van der Waals surface area contributed by atoms with E-state index in [0.29, 0.717) is 0 Å². The summed E-state index contributed by atoms with van der Waals surface area (Å²) in [6.07, 6.45) is 0.324. The molecule has 1 aliphatic rings. The average Bonchev–Trinajstić information content (AvgIpc) is 2.38. The third-order valence-corrected chi connectivity index (χ3v) is 3.97. The van der Waals surface area contributed by atoms with E-state index in [9.17, 15) is 31.2 Å². The number of alkyl halides is 3. The maximum atomic E-state index is 12.2. The fourth-order valence-corrected chi connectivity index (χ4v) is 2.50. The fourth-order valence-electron chi connectivity index (χ4n) is 1.97. The number of carbonyl (C=O) groups excluding carboxylic acids is 2. The Morgan fingerprint density at radius 3 is 2.32 bits per heavy atom. The van der Waals surface area contributed by atoms with E-state index in [0.717, 1.165) is 20.1 Å². The van der Waals surface area contributed by atoms with E-state index in [-0.39, 0.29) is 19.3 Å². The number of esters is 1. The van der Waals surface area contributed by atoms with E-state index in [1.54, 1.807) is 0 Å². The van der Waals surface area contributed by atoms with Gasteiger partial charge in [0.25, 0.3) is 0 Å². The van der Waals surface area contributed by atoms with Gasteiger partial charge in [0.1, 0.15) is 11.3 Å². The SMILES string of the molecule is COC(=O)C1(NC(C)=O)CC=C(OS(=O)(=O)C(F)(F)F)CC1. The van der Waals surface area contributed by atoms with Gasteiger partial charge >= 0.3 is 21.6 Å². The van der Waals surface area contributed by atoms with Gasteiger partial charge < -0.3 is 14.2 Å². The van der Waals surface area contributed by atoms with E-state index >= 15 is 0 Å². The van der Waals surface area contributed by atoms with Gasteiger partial charge in [-0.2, -0.15) is 21.6 Å². The summed E-state index contributed by atoms with van der Waals surface area (Å²) in [5.41, 5.74) is -6.99. The van der Waals surface area contributed by atoms with Gasteiger partial charge in [0.05, 0.1) is 7.11 Å². The Morgan fingerprint density at radius 1 is 1.36 bits per heavy atom. The average molecular weight is 345 g/mol. The number of halogens is 3. The van der Waals surface area contributed by atoms with Crippen LogP contribution < -0.4 is 5.32 Å². The first-order valence-electron chi connectivity index (χ1n) is 6.00. The predicted molar refractivity (Wildman–Crippen MR) is 66.6 cm³/mol. The van der Waals surface area contributed by atoms with Crippen molar-refractivity contribution < 1.29 is 40.1 Å². The molecule has 0 aromatic rings. The molecular formula is C11H14F3NO6S. The molecule has 0 spiro atoms. The molecule has 22 heavy (non-hydrogen) atoms. The summed E-state index contributed by atoms with van der Waals surface area (Å²) in [4.78, 5) is 22.9. The van der Waals surface area contributed by atoms with Gasteiger partial charge in [0.2, 0.25) is 5.91 Å². The monoisotopic (exact) mass is 345 g/mol. The second kappa shape index (κ2) is 6.15. The maximum Gasteiger partial charge on any atom is 0.534 e. The van der Waals surface area contributed by atoms with Crippen molar-refractivity contribution in [2.24, 2.45) is 0 Å². The molecule has 1 rings (SSSR count). The fraction of sp³-hybridized carbons (Fsp3) is 0.636. The van der Waals surface area contributed by atoms with Gasteiger partial charge in [-0.05, 0) is 12.5 Å². The van der Waals surface area contributed by atoms with Crippen LogP contribution in [0, 0.1) is 0 Å². The van der Waals surface area contributed by atoms with Crippen LogP contribution in [0.3, 0.4) is 0 Å². The number of rotatable bonds is 4. The van der Waals surface area contributed by atoms with Crippen LogP contribution >= 0.6 is 0 Å². The highest BCUT2D eigenvalue weighted by molar-refractivity contribution is 7.87. The lowest BCUT2D eigenvalue weighted by Gasteiger charge is -2.33. The van der Waals surface area contributed by atoms with Crippen molar-refractivity contribution in [2.75, 3.05) is 7.11 Å². The standard InChI is InChI=1S/C11H14F3NO6S/c1-7(16)15-10(9(17)20-2)5-3-8(4-6-10)21-22(18,19)11(12,13)14/h3H,4-6H2,1-2H3,(H,15,16). The van der Waals surface area contributed by atoms with E-state index in [1.165, 1.54) is 0 Å². The minimum atomic E-state index is -5.76. The number of nitrogens with one attached hydrogen (secondary N) is 1. The van der Waals surface area contributed by atoms with Crippen molar-refractivity contribution in [3.63, 3.8) is 0 Å². The minimum absolute atomic E-state index is 0.154.